The van der Waals surface area contributed by atoms with Gasteiger partial charge in [0, 0.05) is 25.3 Å². The highest BCUT2D eigenvalue weighted by Gasteiger charge is 2.10. The predicted molar refractivity (Wildman–Crippen MR) is 101 cm³/mol. The highest BCUT2D eigenvalue weighted by Crippen LogP contribution is 2.23. The van der Waals surface area contributed by atoms with E-state index in [-0.39, 0.29) is 17.6 Å². The van der Waals surface area contributed by atoms with Crippen LogP contribution < -0.4 is 10.6 Å². The number of anilines is 2. The van der Waals surface area contributed by atoms with Crippen LogP contribution in [-0.2, 0) is 16.6 Å². The number of hydrogen-bond acceptors (Lipinski definition) is 4. The first-order valence-corrected chi connectivity index (χ1v) is 8.73. The van der Waals surface area contributed by atoms with E-state index in [1.807, 2.05) is 35.9 Å². The van der Waals surface area contributed by atoms with Crippen LogP contribution in [0.15, 0.2) is 53.7 Å². The Morgan fingerprint density at radius 3 is 2.52 bits per heavy atom. The van der Waals surface area contributed by atoms with Crippen LogP contribution in [0.25, 0.3) is 11.0 Å². The maximum atomic E-state index is 12.2. The molecule has 0 aliphatic heterocycles. The van der Waals surface area contributed by atoms with Gasteiger partial charge in [-0.3, -0.25) is 9.59 Å². The fourth-order valence-corrected chi connectivity index (χ4v) is 3.24. The first-order chi connectivity index (χ1) is 12.0. The maximum Gasteiger partial charge on any atom is 0.234 e. The normalized spacial score (nSPS) is 10.6. The minimum absolute atomic E-state index is 0.128. The summed E-state index contributed by atoms with van der Waals surface area (Å²) in [6.45, 7) is 1.44. The molecule has 0 saturated heterocycles. The van der Waals surface area contributed by atoms with Gasteiger partial charge in [-0.15, -0.1) is 0 Å². The first kappa shape index (κ1) is 17.0. The third-order valence-corrected chi connectivity index (χ3v) is 4.58. The lowest BCUT2D eigenvalue weighted by atomic mass is 10.2. The fourth-order valence-electron chi connectivity index (χ4n) is 2.46. The molecule has 128 valence electrons. The summed E-state index contributed by atoms with van der Waals surface area (Å²) >= 11 is 1.39. The van der Waals surface area contributed by atoms with Crippen LogP contribution in [0.2, 0.25) is 0 Å². The summed E-state index contributed by atoms with van der Waals surface area (Å²) in [4.78, 5) is 27.8. The van der Waals surface area contributed by atoms with E-state index in [4.69, 9.17) is 0 Å². The van der Waals surface area contributed by atoms with Gasteiger partial charge in [0.25, 0.3) is 0 Å². The number of carbonyl (C=O) groups excluding carboxylic acids is 2. The zero-order valence-electron chi connectivity index (χ0n) is 13.9. The number of fused-ring (bicyclic) bond motifs is 1. The van der Waals surface area contributed by atoms with Crippen molar-refractivity contribution in [1.29, 1.82) is 0 Å². The zero-order valence-corrected chi connectivity index (χ0v) is 14.8. The number of aromatic nitrogens is 2. The van der Waals surface area contributed by atoms with Gasteiger partial charge in [-0.1, -0.05) is 30.0 Å². The van der Waals surface area contributed by atoms with E-state index in [2.05, 4.69) is 15.6 Å². The lowest BCUT2D eigenvalue weighted by Gasteiger charge is -2.08. The highest BCUT2D eigenvalue weighted by molar-refractivity contribution is 7.99. The highest BCUT2D eigenvalue weighted by atomic mass is 32.2. The van der Waals surface area contributed by atoms with Gasteiger partial charge in [-0.05, 0) is 30.3 Å². The van der Waals surface area contributed by atoms with E-state index in [0.29, 0.717) is 11.4 Å². The number of nitrogens with zero attached hydrogens (tertiary/aromatic N) is 2. The summed E-state index contributed by atoms with van der Waals surface area (Å²) in [5, 5.41) is 6.32. The lowest BCUT2D eigenvalue weighted by Crippen LogP contribution is -2.15. The number of rotatable bonds is 5. The zero-order chi connectivity index (χ0) is 17.8. The van der Waals surface area contributed by atoms with Crippen molar-refractivity contribution < 1.29 is 9.59 Å². The number of thioether (sulfide) groups is 1. The van der Waals surface area contributed by atoms with Crippen LogP contribution in [-0.4, -0.2) is 27.1 Å². The number of aryl methyl sites for hydroxylation is 1. The molecule has 0 fully saturated rings. The molecule has 1 aromatic heterocycles. The molecule has 3 aromatic rings. The van der Waals surface area contributed by atoms with Gasteiger partial charge in [0.05, 0.1) is 16.8 Å². The molecule has 25 heavy (non-hydrogen) atoms. The van der Waals surface area contributed by atoms with E-state index < -0.39 is 0 Å². The molecule has 2 amide bonds. The van der Waals surface area contributed by atoms with Gasteiger partial charge in [-0.25, -0.2) is 4.98 Å². The quantitative estimate of drug-likeness (QED) is 0.690. The number of benzene rings is 2. The van der Waals surface area contributed by atoms with Crippen LogP contribution >= 0.6 is 11.8 Å². The molecule has 2 aromatic carbocycles. The van der Waals surface area contributed by atoms with E-state index in [0.717, 1.165) is 16.2 Å². The van der Waals surface area contributed by atoms with Gasteiger partial charge in [0.2, 0.25) is 11.8 Å². The summed E-state index contributed by atoms with van der Waals surface area (Å²) in [5.74, 6) is -0.0282. The molecule has 0 spiro atoms. The van der Waals surface area contributed by atoms with Crippen molar-refractivity contribution in [2.24, 2.45) is 7.05 Å². The number of imidazole rings is 1. The van der Waals surface area contributed by atoms with Gasteiger partial charge in [-0.2, -0.15) is 0 Å². The molecule has 0 aliphatic carbocycles. The molecule has 0 bridgehead atoms. The van der Waals surface area contributed by atoms with Gasteiger partial charge >= 0.3 is 0 Å². The summed E-state index contributed by atoms with van der Waals surface area (Å²) in [6.07, 6.45) is 0. The lowest BCUT2D eigenvalue weighted by molar-refractivity contribution is -0.114. The second-order valence-corrected chi connectivity index (χ2v) is 6.48. The number of para-hydroxylation sites is 2. The number of nitrogens with one attached hydrogen (secondary N) is 2. The van der Waals surface area contributed by atoms with Gasteiger partial charge < -0.3 is 15.2 Å². The van der Waals surface area contributed by atoms with Crippen molar-refractivity contribution in [3.05, 3.63) is 48.5 Å². The Morgan fingerprint density at radius 1 is 1.08 bits per heavy atom. The minimum Gasteiger partial charge on any atom is -0.326 e. The van der Waals surface area contributed by atoms with Crippen molar-refractivity contribution in [2.45, 2.75) is 12.1 Å². The first-order valence-electron chi connectivity index (χ1n) is 7.74. The Morgan fingerprint density at radius 2 is 1.80 bits per heavy atom. The van der Waals surface area contributed by atoms with E-state index in [1.54, 1.807) is 24.3 Å². The smallest absolute Gasteiger partial charge is 0.234 e. The maximum absolute atomic E-state index is 12.2. The predicted octanol–water partition coefficient (Wildman–Crippen LogP) is 3.26. The Bertz CT molecular complexity index is 936. The number of amides is 2. The fraction of sp³-hybridized carbons (Fsp3) is 0.167. The largest absolute Gasteiger partial charge is 0.326 e. The standard InChI is InChI=1S/C18H18N4O2S/c1-12(23)19-13-6-5-7-14(10-13)20-17(24)11-25-18-21-15-8-3-4-9-16(15)22(18)2/h3-10H,11H2,1-2H3,(H,19,23)(H,20,24). The van der Waals surface area contributed by atoms with Crippen molar-refractivity contribution in [2.75, 3.05) is 16.4 Å². The van der Waals surface area contributed by atoms with Crippen LogP contribution in [0, 0.1) is 0 Å². The average Bonchev–Trinajstić information content (AvgIpc) is 2.89. The minimum atomic E-state index is -0.152. The molecule has 7 heteroatoms. The third kappa shape index (κ3) is 4.19. The van der Waals surface area contributed by atoms with Gasteiger partial charge in [0.1, 0.15) is 0 Å². The average molecular weight is 354 g/mol. The molecule has 0 unspecified atom stereocenters. The molecular weight excluding hydrogens is 336 g/mol. The number of carbonyl (C=O) groups is 2. The molecule has 0 aliphatic rings. The van der Waals surface area contributed by atoms with E-state index in [1.165, 1.54) is 18.7 Å². The monoisotopic (exact) mass is 354 g/mol. The van der Waals surface area contributed by atoms with Crippen molar-refractivity contribution in [1.82, 2.24) is 9.55 Å². The van der Waals surface area contributed by atoms with Crippen molar-refractivity contribution in [3.8, 4) is 0 Å². The van der Waals surface area contributed by atoms with Crippen LogP contribution in [0.3, 0.4) is 0 Å². The summed E-state index contributed by atoms with van der Waals surface area (Å²) in [5.41, 5.74) is 3.24. The van der Waals surface area contributed by atoms with E-state index in [9.17, 15) is 9.59 Å². The van der Waals surface area contributed by atoms with E-state index >= 15 is 0 Å². The van der Waals surface area contributed by atoms with Crippen molar-refractivity contribution in [3.63, 3.8) is 0 Å². The molecule has 3 rings (SSSR count). The summed E-state index contributed by atoms with van der Waals surface area (Å²) in [6, 6.07) is 14.9. The Balaban J connectivity index is 1.62. The molecular formula is C18H18N4O2S. The molecule has 2 N–H and O–H groups in total. The second kappa shape index (κ2) is 7.40. The molecule has 0 atom stereocenters. The van der Waals surface area contributed by atoms with Crippen LogP contribution in [0.1, 0.15) is 6.92 Å². The van der Waals surface area contributed by atoms with Crippen LogP contribution in [0.5, 0.6) is 0 Å². The molecule has 0 radical (unpaired) electrons. The molecule has 6 nitrogen and oxygen atoms in total. The van der Waals surface area contributed by atoms with Crippen molar-refractivity contribution >= 4 is 46.0 Å². The van der Waals surface area contributed by atoms with Crippen LogP contribution in [0.4, 0.5) is 11.4 Å². The molecule has 1 heterocycles. The summed E-state index contributed by atoms with van der Waals surface area (Å²) < 4.78 is 1.98. The number of hydrogen-bond donors (Lipinski definition) is 2. The Kier molecular flexibility index (Phi) is 5.04. The third-order valence-electron chi connectivity index (χ3n) is 3.55. The van der Waals surface area contributed by atoms with Gasteiger partial charge in [0.15, 0.2) is 5.16 Å². The second-order valence-electron chi connectivity index (χ2n) is 5.54. The molecule has 0 saturated carbocycles. The Hall–Kier alpha value is -2.80. The topological polar surface area (TPSA) is 76.0 Å². The SMILES string of the molecule is CC(=O)Nc1cccc(NC(=O)CSc2nc3ccccc3n2C)c1. The summed E-state index contributed by atoms with van der Waals surface area (Å²) in [7, 11) is 1.94. The Labute approximate surface area is 149 Å².